The number of nitrogens with one attached hydrogen (secondary N) is 1. The van der Waals surface area contributed by atoms with Crippen LogP contribution in [0.4, 0.5) is 10.1 Å². The SMILES string of the molecule is CCOC(=O)c1c(N)c(C2CCCC2)nn1-c1ccc(CNC(=O)c2cc(F)ccc2C)cc1. The number of rotatable bonds is 7. The molecule has 178 valence electrons. The Labute approximate surface area is 198 Å². The minimum Gasteiger partial charge on any atom is -0.461 e. The molecule has 8 heteroatoms. The number of esters is 1. The van der Waals surface area contributed by atoms with Gasteiger partial charge in [-0.2, -0.15) is 5.10 Å². The van der Waals surface area contributed by atoms with Gasteiger partial charge < -0.3 is 15.8 Å². The second kappa shape index (κ2) is 10.1. The van der Waals surface area contributed by atoms with E-state index in [0.29, 0.717) is 22.5 Å². The van der Waals surface area contributed by atoms with Crippen LogP contribution >= 0.6 is 0 Å². The molecule has 1 aliphatic rings. The summed E-state index contributed by atoms with van der Waals surface area (Å²) in [4.78, 5) is 25.2. The van der Waals surface area contributed by atoms with Crippen LogP contribution in [0.5, 0.6) is 0 Å². The van der Waals surface area contributed by atoms with Crippen molar-refractivity contribution in [3.8, 4) is 5.69 Å². The molecule has 0 saturated heterocycles. The molecular weight excluding hydrogens is 435 g/mol. The number of halogens is 1. The zero-order chi connectivity index (χ0) is 24.2. The fourth-order valence-electron chi connectivity index (χ4n) is 4.40. The Hall–Kier alpha value is -3.68. The number of aromatic nitrogens is 2. The highest BCUT2D eigenvalue weighted by Crippen LogP contribution is 2.38. The van der Waals surface area contributed by atoms with Crippen LogP contribution < -0.4 is 11.1 Å². The first-order valence-corrected chi connectivity index (χ1v) is 11.6. The molecule has 3 aromatic rings. The molecule has 0 bridgehead atoms. The third kappa shape index (κ3) is 4.81. The van der Waals surface area contributed by atoms with Crippen molar-refractivity contribution >= 4 is 17.6 Å². The van der Waals surface area contributed by atoms with Crippen molar-refractivity contribution in [1.82, 2.24) is 15.1 Å². The van der Waals surface area contributed by atoms with E-state index in [-0.39, 0.29) is 30.7 Å². The van der Waals surface area contributed by atoms with E-state index in [0.717, 1.165) is 36.9 Å². The van der Waals surface area contributed by atoms with E-state index in [2.05, 4.69) is 5.32 Å². The average molecular weight is 465 g/mol. The molecule has 34 heavy (non-hydrogen) atoms. The number of carbonyl (C=O) groups is 2. The zero-order valence-electron chi connectivity index (χ0n) is 19.4. The highest BCUT2D eigenvalue weighted by Gasteiger charge is 2.29. The molecule has 7 nitrogen and oxygen atoms in total. The van der Waals surface area contributed by atoms with Gasteiger partial charge in [0.1, 0.15) is 5.82 Å². The molecule has 3 N–H and O–H groups in total. The van der Waals surface area contributed by atoms with Crippen molar-refractivity contribution in [1.29, 1.82) is 0 Å². The van der Waals surface area contributed by atoms with Crippen molar-refractivity contribution in [2.45, 2.75) is 52.0 Å². The number of carbonyl (C=O) groups excluding carboxylic acids is 2. The summed E-state index contributed by atoms with van der Waals surface area (Å²) in [5.74, 6) is -1.05. The number of ether oxygens (including phenoxy) is 1. The standard InChI is InChI=1S/C26H29FN4O3/c1-3-34-26(33)24-22(28)23(18-6-4-5-7-18)30-31(24)20-12-9-17(10-13-20)15-29-25(32)21-14-19(27)11-8-16(21)2/h8-14,18H,3-7,15,28H2,1-2H3,(H,29,32). The quantitative estimate of drug-likeness (QED) is 0.495. The third-order valence-electron chi connectivity index (χ3n) is 6.24. The lowest BCUT2D eigenvalue weighted by Crippen LogP contribution is -2.23. The van der Waals surface area contributed by atoms with Gasteiger partial charge in [0.15, 0.2) is 5.69 Å². The first kappa shape index (κ1) is 23.5. The summed E-state index contributed by atoms with van der Waals surface area (Å²) in [7, 11) is 0. The molecule has 1 amide bonds. The minimum absolute atomic E-state index is 0.242. The van der Waals surface area contributed by atoms with Crippen LogP contribution in [0.2, 0.25) is 0 Å². The smallest absolute Gasteiger partial charge is 0.359 e. The Kier molecular flexibility index (Phi) is 6.95. The fourth-order valence-corrected chi connectivity index (χ4v) is 4.40. The molecule has 0 radical (unpaired) electrons. The predicted molar refractivity (Wildman–Crippen MR) is 127 cm³/mol. The summed E-state index contributed by atoms with van der Waals surface area (Å²) in [5, 5.41) is 7.53. The highest BCUT2D eigenvalue weighted by molar-refractivity contribution is 5.96. The number of aryl methyl sites for hydroxylation is 1. The highest BCUT2D eigenvalue weighted by atomic mass is 19.1. The summed E-state index contributed by atoms with van der Waals surface area (Å²) >= 11 is 0. The van der Waals surface area contributed by atoms with Crippen molar-refractivity contribution in [3.63, 3.8) is 0 Å². The van der Waals surface area contributed by atoms with Crippen LogP contribution in [-0.4, -0.2) is 28.3 Å². The van der Waals surface area contributed by atoms with Gasteiger partial charge in [-0.1, -0.05) is 31.0 Å². The van der Waals surface area contributed by atoms with E-state index < -0.39 is 11.8 Å². The maximum atomic E-state index is 13.5. The molecule has 0 atom stereocenters. The topological polar surface area (TPSA) is 99.2 Å². The predicted octanol–water partition coefficient (Wildman–Crippen LogP) is 4.67. The molecule has 4 rings (SSSR count). The second-order valence-electron chi connectivity index (χ2n) is 8.57. The summed E-state index contributed by atoms with van der Waals surface area (Å²) < 4.78 is 20.3. The van der Waals surface area contributed by atoms with E-state index in [1.54, 1.807) is 24.6 Å². The summed E-state index contributed by atoms with van der Waals surface area (Å²) in [6.07, 6.45) is 4.27. The summed E-state index contributed by atoms with van der Waals surface area (Å²) in [5.41, 5.74) is 10.3. The van der Waals surface area contributed by atoms with E-state index in [1.165, 1.54) is 12.1 Å². The number of nitrogens with two attached hydrogens (primary N) is 1. The van der Waals surface area contributed by atoms with E-state index in [1.807, 2.05) is 24.3 Å². The zero-order valence-corrected chi connectivity index (χ0v) is 19.4. The van der Waals surface area contributed by atoms with Crippen molar-refractivity contribution in [2.75, 3.05) is 12.3 Å². The first-order chi connectivity index (χ1) is 16.4. The molecule has 1 heterocycles. The Morgan fingerprint density at radius 2 is 1.88 bits per heavy atom. The van der Waals surface area contributed by atoms with Crippen LogP contribution in [0.15, 0.2) is 42.5 Å². The molecular formula is C26H29FN4O3. The number of hydrogen-bond acceptors (Lipinski definition) is 5. The lowest BCUT2D eigenvalue weighted by atomic mass is 10.0. The monoisotopic (exact) mass is 464 g/mol. The van der Waals surface area contributed by atoms with Crippen LogP contribution in [-0.2, 0) is 11.3 Å². The lowest BCUT2D eigenvalue weighted by molar-refractivity contribution is 0.0517. The second-order valence-corrected chi connectivity index (χ2v) is 8.57. The van der Waals surface area contributed by atoms with E-state index in [9.17, 15) is 14.0 Å². The van der Waals surface area contributed by atoms with Gasteiger partial charge in [-0.3, -0.25) is 4.79 Å². The minimum atomic E-state index is -0.501. The van der Waals surface area contributed by atoms with E-state index >= 15 is 0 Å². The number of nitrogens with zero attached hydrogens (tertiary/aromatic N) is 2. The van der Waals surface area contributed by atoms with Crippen molar-refractivity contribution in [2.24, 2.45) is 0 Å². The largest absolute Gasteiger partial charge is 0.461 e. The van der Waals surface area contributed by atoms with Gasteiger partial charge in [0, 0.05) is 18.0 Å². The normalized spacial score (nSPS) is 13.7. The van der Waals surface area contributed by atoms with Gasteiger partial charge in [0.25, 0.3) is 5.91 Å². The van der Waals surface area contributed by atoms with Crippen LogP contribution in [0, 0.1) is 12.7 Å². The molecule has 1 saturated carbocycles. The van der Waals surface area contributed by atoms with Gasteiger partial charge >= 0.3 is 5.97 Å². The third-order valence-corrected chi connectivity index (χ3v) is 6.24. The van der Waals surface area contributed by atoms with Gasteiger partial charge in [0.2, 0.25) is 0 Å². The number of anilines is 1. The Bertz CT molecular complexity index is 1200. The number of nitrogen functional groups attached to an aromatic ring is 1. The number of benzene rings is 2. The molecule has 1 fully saturated rings. The maximum Gasteiger partial charge on any atom is 0.359 e. The molecule has 0 spiro atoms. The molecule has 0 unspecified atom stereocenters. The molecule has 1 aromatic heterocycles. The molecule has 0 aliphatic heterocycles. The van der Waals surface area contributed by atoms with Gasteiger partial charge in [-0.15, -0.1) is 0 Å². The van der Waals surface area contributed by atoms with Crippen LogP contribution in [0.25, 0.3) is 5.69 Å². The fraction of sp³-hybridized carbons (Fsp3) is 0.346. The summed E-state index contributed by atoms with van der Waals surface area (Å²) in [6, 6.07) is 11.5. The van der Waals surface area contributed by atoms with Crippen molar-refractivity contribution < 1.29 is 18.7 Å². The molecule has 1 aliphatic carbocycles. The maximum absolute atomic E-state index is 13.5. The van der Waals surface area contributed by atoms with Gasteiger partial charge in [-0.25, -0.2) is 13.9 Å². The number of hydrogen-bond donors (Lipinski definition) is 2. The molecule has 2 aromatic carbocycles. The Morgan fingerprint density at radius 3 is 2.56 bits per heavy atom. The van der Waals surface area contributed by atoms with Gasteiger partial charge in [0.05, 0.1) is 23.7 Å². The van der Waals surface area contributed by atoms with E-state index in [4.69, 9.17) is 15.6 Å². The first-order valence-electron chi connectivity index (χ1n) is 11.6. The Balaban J connectivity index is 1.55. The Morgan fingerprint density at radius 1 is 1.18 bits per heavy atom. The average Bonchev–Trinajstić information content (AvgIpc) is 3.47. The number of amides is 1. The van der Waals surface area contributed by atoms with Crippen molar-refractivity contribution in [3.05, 3.63) is 76.4 Å². The summed E-state index contributed by atoms with van der Waals surface area (Å²) in [6.45, 7) is 4.03. The lowest BCUT2D eigenvalue weighted by Gasteiger charge is -2.10. The van der Waals surface area contributed by atoms with Crippen LogP contribution in [0.1, 0.15) is 76.2 Å². The van der Waals surface area contributed by atoms with Gasteiger partial charge in [-0.05, 0) is 62.1 Å². The van der Waals surface area contributed by atoms with Crippen LogP contribution in [0.3, 0.4) is 0 Å².